The SMILES string of the molecule is CO[C@@]1(NC(=O)C(NC(=O)OC(C)(C)C)c2ccccc2)C(=O)N2C(C(=O)O)=C(C(CCNS(=O)(=O)O)Sc3nn[nH]n3)CS[C@H]21. The van der Waals surface area contributed by atoms with Crippen LogP contribution in [0.3, 0.4) is 0 Å². The van der Waals surface area contributed by atoms with Crippen molar-refractivity contribution >= 4 is 57.7 Å². The number of carbonyl (C=O) groups excluding carboxylic acids is 3. The number of aromatic amines is 1. The van der Waals surface area contributed by atoms with Gasteiger partial charge in [-0.05, 0) is 43.5 Å². The molecule has 0 saturated carbocycles. The number of methoxy groups -OCH3 is 1. The zero-order chi connectivity index (χ0) is 33.9. The highest BCUT2D eigenvalue weighted by atomic mass is 32.2. The van der Waals surface area contributed by atoms with Gasteiger partial charge in [0.25, 0.3) is 11.6 Å². The summed E-state index contributed by atoms with van der Waals surface area (Å²) in [6.07, 6.45) is -0.912. The Balaban J connectivity index is 1.63. The predicted molar refractivity (Wildman–Crippen MR) is 162 cm³/mol. The van der Waals surface area contributed by atoms with Gasteiger partial charge >= 0.3 is 22.4 Å². The Bertz CT molecular complexity index is 1600. The molecule has 1 fully saturated rings. The third kappa shape index (κ3) is 7.96. The van der Waals surface area contributed by atoms with Crippen molar-refractivity contribution in [3.05, 3.63) is 47.2 Å². The number of nitrogens with one attached hydrogen (secondary N) is 4. The summed E-state index contributed by atoms with van der Waals surface area (Å²) in [6.45, 7) is 4.69. The molecule has 4 rings (SSSR count). The number of nitrogens with zero attached hydrogens (tertiary/aromatic N) is 4. The number of thioether (sulfide) groups is 2. The van der Waals surface area contributed by atoms with Gasteiger partial charge < -0.3 is 25.2 Å². The molecule has 21 heteroatoms. The van der Waals surface area contributed by atoms with Crippen LogP contribution in [0.2, 0.25) is 0 Å². The molecule has 1 aromatic heterocycles. The van der Waals surface area contributed by atoms with E-state index in [-0.39, 0.29) is 29.4 Å². The van der Waals surface area contributed by atoms with Crippen LogP contribution < -0.4 is 15.4 Å². The quantitative estimate of drug-likeness (QED) is 0.0717. The van der Waals surface area contributed by atoms with E-state index in [0.29, 0.717) is 5.56 Å². The highest BCUT2D eigenvalue weighted by molar-refractivity contribution is 8.01. The molecule has 2 aliphatic rings. The summed E-state index contributed by atoms with van der Waals surface area (Å²) in [7, 11) is -3.35. The minimum Gasteiger partial charge on any atom is -0.477 e. The number of carboxylic acids is 1. The van der Waals surface area contributed by atoms with Gasteiger partial charge in [0.05, 0.1) is 0 Å². The van der Waals surface area contributed by atoms with Crippen LogP contribution in [0.4, 0.5) is 4.79 Å². The number of amides is 3. The fourth-order valence-corrected chi connectivity index (χ4v) is 7.74. The Morgan fingerprint density at radius 3 is 2.52 bits per heavy atom. The Hall–Kier alpha value is -3.76. The highest BCUT2D eigenvalue weighted by Gasteiger charge is 2.67. The van der Waals surface area contributed by atoms with Gasteiger partial charge in [-0.2, -0.15) is 18.4 Å². The van der Waals surface area contributed by atoms with Crippen LogP contribution in [0, 0.1) is 0 Å². The summed E-state index contributed by atoms with van der Waals surface area (Å²) in [5.41, 5.74) is -2.64. The number of benzene rings is 1. The number of H-pyrrole nitrogens is 1. The summed E-state index contributed by atoms with van der Waals surface area (Å²) < 4.78 is 44.4. The Morgan fingerprint density at radius 2 is 1.96 bits per heavy atom. The fraction of sp³-hybridized carbons (Fsp3) is 0.480. The van der Waals surface area contributed by atoms with Crippen molar-refractivity contribution in [1.82, 2.24) is 40.9 Å². The van der Waals surface area contributed by atoms with E-state index >= 15 is 0 Å². The van der Waals surface area contributed by atoms with Gasteiger partial charge in [-0.1, -0.05) is 42.1 Å². The number of fused-ring (bicyclic) bond motifs is 1. The third-order valence-corrected chi connectivity index (χ3v) is 9.70. The number of ether oxygens (including phenoxy) is 2. The molecule has 2 unspecified atom stereocenters. The summed E-state index contributed by atoms with van der Waals surface area (Å²) >= 11 is 2.07. The van der Waals surface area contributed by atoms with Gasteiger partial charge in [0.15, 0.2) is 0 Å². The molecule has 250 valence electrons. The first-order chi connectivity index (χ1) is 21.6. The monoisotopic (exact) mass is 700 g/mol. The molecule has 3 heterocycles. The van der Waals surface area contributed by atoms with E-state index < -0.39 is 67.9 Å². The molecule has 4 atom stereocenters. The minimum absolute atomic E-state index is 0.0106. The maximum atomic E-state index is 13.8. The van der Waals surface area contributed by atoms with Crippen molar-refractivity contribution in [1.29, 1.82) is 0 Å². The maximum Gasteiger partial charge on any atom is 0.408 e. The van der Waals surface area contributed by atoms with Crippen molar-refractivity contribution in [2.45, 2.75) is 60.3 Å². The Labute approximate surface area is 271 Å². The number of alkyl carbamates (subject to hydrolysis) is 1. The molecular formula is C25H32N8O10S3. The first-order valence-electron chi connectivity index (χ1n) is 13.5. The van der Waals surface area contributed by atoms with E-state index in [0.717, 1.165) is 28.4 Å². The van der Waals surface area contributed by atoms with Crippen molar-refractivity contribution in [2.24, 2.45) is 0 Å². The standard InChI is InChI=1S/C25H32N8O10S3/c1-24(2,3)43-23(38)27-16(13-8-6-5-7-9-13)18(34)28-25(42-4)20(37)33-17(19(35)36)14(12-44-21(25)33)15(10-11-26-46(39,40)41)45-22-29-31-32-30-22/h5-9,15-16,21,26H,10-12H2,1-4H3,(H,27,38)(H,28,34)(H,35,36)(H,39,40,41)(H,29,30,31,32)/t15?,16?,21-,25-/m0/s1. The molecule has 3 amide bonds. The largest absolute Gasteiger partial charge is 0.477 e. The number of carboxylic acid groups (broad SMARTS) is 1. The van der Waals surface area contributed by atoms with E-state index in [4.69, 9.17) is 14.0 Å². The van der Waals surface area contributed by atoms with Crippen LogP contribution in [0.25, 0.3) is 0 Å². The molecule has 6 N–H and O–H groups in total. The molecule has 0 spiro atoms. The number of aliphatic carboxylic acids is 1. The number of hydrogen-bond donors (Lipinski definition) is 6. The third-order valence-electron chi connectivity index (χ3n) is 6.60. The van der Waals surface area contributed by atoms with Crippen LogP contribution in [-0.2, 0) is 34.2 Å². The summed E-state index contributed by atoms with van der Waals surface area (Å²) in [5.74, 6) is -3.16. The van der Waals surface area contributed by atoms with Gasteiger partial charge in [0.1, 0.15) is 22.7 Å². The molecule has 46 heavy (non-hydrogen) atoms. The first kappa shape index (κ1) is 35.1. The lowest BCUT2D eigenvalue weighted by Gasteiger charge is -2.56. The molecule has 0 bridgehead atoms. The number of β-lactam (4-membered cyclic amide) rings is 1. The van der Waals surface area contributed by atoms with E-state index in [1.54, 1.807) is 51.1 Å². The number of aromatic nitrogens is 4. The van der Waals surface area contributed by atoms with Gasteiger partial charge in [-0.25, -0.2) is 9.59 Å². The molecule has 0 radical (unpaired) electrons. The lowest BCUT2D eigenvalue weighted by Crippen LogP contribution is -2.81. The number of hydrogen-bond acceptors (Lipinski definition) is 13. The van der Waals surface area contributed by atoms with E-state index in [1.165, 1.54) is 7.11 Å². The van der Waals surface area contributed by atoms with Crippen LogP contribution in [-0.4, -0.2) is 109 Å². The summed E-state index contributed by atoms with van der Waals surface area (Å²) in [4.78, 5) is 53.8. The Morgan fingerprint density at radius 1 is 1.26 bits per heavy atom. The van der Waals surface area contributed by atoms with Crippen molar-refractivity contribution < 1.29 is 46.7 Å². The molecule has 0 aliphatic carbocycles. The number of tetrazole rings is 1. The zero-order valence-corrected chi connectivity index (χ0v) is 27.4. The molecular weight excluding hydrogens is 669 g/mol. The zero-order valence-electron chi connectivity index (χ0n) is 24.9. The predicted octanol–water partition coefficient (Wildman–Crippen LogP) is 0.422. The summed E-state index contributed by atoms with van der Waals surface area (Å²) in [5, 5.41) is 27.1. The van der Waals surface area contributed by atoms with Gasteiger partial charge in [-0.3, -0.25) is 19.0 Å². The normalized spacial score (nSPS) is 21.1. The van der Waals surface area contributed by atoms with Crippen molar-refractivity contribution in [3.63, 3.8) is 0 Å². The summed E-state index contributed by atoms with van der Waals surface area (Å²) in [6, 6.07) is 6.92. The van der Waals surface area contributed by atoms with E-state index in [1.807, 2.05) is 4.72 Å². The fourth-order valence-electron chi connectivity index (χ4n) is 4.73. The first-order valence-corrected chi connectivity index (χ1v) is 16.9. The second kappa shape index (κ2) is 13.9. The van der Waals surface area contributed by atoms with Crippen LogP contribution in [0.15, 0.2) is 46.8 Å². The lowest BCUT2D eigenvalue weighted by molar-refractivity contribution is -0.193. The van der Waals surface area contributed by atoms with Crippen molar-refractivity contribution in [2.75, 3.05) is 19.4 Å². The van der Waals surface area contributed by atoms with Crippen LogP contribution in [0.5, 0.6) is 0 Å². The average molecular weight is 701 g/mol. The maximum absolute atomic E-state index is 13.8. The van der Waals surface area contributed by atoms with E-state index in [2.05, 4.69) is 31.3 Å². The second-order valence-corrected chi connectivity index (χ2v) is 14.4. The molecule has 18 nitrogen and oxygen atoms in total. The lowest BCUT2D eigenvalue weighted by atomic mass is 9.95. The van der Waals surface area contributed by atoms with Gasteiger partial charge in [-0.15, -0.1) is 22.0 Å². The average Bonchev–Trinajstić information content (AvgIpc) is 3.49. The topological polar surface area (TPSA) is 255 Å². The van der Waals surface area contributed by atoms with Crippen LogP contribution >= 0.6 is 23.5 Å². The molecule has 1 saturated heterocycles. The van der Waals surface area contributed by atoms with Gasteiger partial charge in [0.2, 0.25) is 11.1 Å². The smallest absolute Gasteiger partial charge is 0.408 e. The van der Waals surface area contributed by atoms with Gasteiger partial charge in [0, 0.05) is 24.7 Å². The number of rotatable bonds is 13. The minimum atomic E-state index is -4.54. The molecule has 2 aliphatic heterocycles. The Kier molecular flexibility index (Phi) is 10.6. The van der Waals surface area contributed by atoms with Crippen LogP contribution in [0.1, 0.15) is 38.8 Å². The molecule has 1 aromatic carbocycles. The van der Waals surface area contributed by atoms with Crippen molar-refractivity contribution in [3.8, 4) is 0 Å². The second-order valence-electron chi connectivity index (χ2n) is 10.9. The van der Waals surface area contributed by atoms with E-state index in [9.17, 15) is 32.7 Å². The highest BCUT2D eigenvalue weighted by Crippen LogP contribution is 2.49. The number of carbonyl (C=O) groups is 4. The molecule has 2 aromatic rings.